The van der Waals surface area contributed by atoms with E-state index in [0.29, 0.717) is 53.2 Å². The molecule has 0 saturated carbocycles. The highest BCUT2D eigenvalue weighted by Gasteiger charge is 2.35. The van der Waals surface area contributed by atoms with Crippen LogP contribution in [0.4, 0.5) is 5.82 Å². The zero-order valence-electron chi connectivity index (χ0n) is 17.0. The van der Waals surface area contributed by atoms with Crippen molar-refractivity contribution in [1.82, 2.24) is 14.9 Å². The lowest BCUT2D eigenvalue weighted by Crippen LogP contribution is -2.56. The Hall–Kier alpha value is -3.83. The van der Waals surface area contributed by atoms with E-state index in [2.05, 4.69) is 27.5 Å². The van der Waals surface area contributed by atoms with Crippen molar-refractivity contribution in [2.45, 2.75) is 6.04 Å². The Kier molecular flexibility index (Phi) is 4.83. The van der Waals surface area contributed by atoms with Gasteiger partial charge in [0, 0.05) is 30.8 Å². The molecule has 9 heteroatoms. The number of carbonyl (C=O) groups excluding carboxylic acids is 1. The summed E-state index contributed by atoms with van der Waals surface area (Å²) in [5.74, 6) is 0.905. The lowest BCUT2D eigenvalue weighted by Gasteiger charge is -2.40. The first-order chi connectivity index (χ1) is 15.5. The maximum atomic E-state index is 12.1. The predicted molar refractivity (Wildman–Crippen MR) is 120 cm³/mol. The maximum absolute atomic E-state index is 12.1. The lowest BCUT2D eigenvalue weighted by molar-refractivity contribution is -0.126. The second-order valence-electron chi connectivity index (χ2n) is 7.62. The Morgan fingerprint density at radius 1 is 1.38 bits per heavy atom. The highest BCUT2D eigenvalue weighted by Crippen LogP contribution is 2.48. The molecular formula is C23H18ClN5O3. The normalized spacial score (nSPS) is 17.2. The van der Waals surface area contributed by atoms with Crippen molar-refractivity contribution < 1.29 is 14.6 Å². The molecule has 0 spiro atoms. The summed E-state index contributed by atoms with van der Waals surface area (Å²) in [6.07, 6.45) is 2.78. The average molecular weight is 448 g/mol. The first-order valence-electron chi connectivity index (χ1n) is 10.0. The third-order valence-corrected chi connectivity index (χ3v) is 6.27. The minimum Gasteiger partial charge on any atom is -0.507 e. The van der Waals surface area contributed by atoms with Crippen molar-refractivity contribution in [1.29, 1.82) is 5.26 Å². The molecule has 32 heavy (non-hydrogen) atoms. The Morgan fingerprint density at radius 2 is 2.22 bits per heavy atom. The van der Waals surface area contributed by atoms with E-state index in [1.807, 2.05) is 0 Å². The third kappa shape index (κ3) is 3.01. The molecule has 3 heterocycles. The fourth-order valence-corrected chi connectivity index (χ4v) is 4.68. The highest BCUT2D eigenvalue weighted by molar-refractivity contribution is 6.36. The predicted octanol–water partition coefficient (Wildman–Crippen LogP) is 3.12. The zero-order valence-corrected chi connectivity index (χ0v) is 17.7. The number of anilines is 1. The number of amides is 1. The summed E-state index contributed by atoms with van der Waals surface area (Å²) in [5.41, 5.74) is 1.66. The van der Waals surface area contributed by atoms with Gasteiger partial charge in [-0.05, 0) is 24.3 Å². The molecular weight excluding hydrogens is 430 g/mol. The summed E-state index contributed by atoms with van der Waals surface area (Å²) < 4.78 is 6.18. The maximum Gasteiger partial charge on any atom is 0.246 e. The number of aromatic hydroxyl groups is 1. The molecule has 8 nitrogen and oxygen atoms in total. The summed E-state index contributed by atoms with van der Waals surface area (Å²) in [6, 6.07) is 8.44. The van der Waals surface area contributed by atoms with Gasteiger partial charge in [-0.3, -0.25) is 4.79 Å². The molecule has 1 saturated heterocycles. The van der Waals surface area contributed by atoms with Crippen molar-refractivity contribution in [2.75, 3.05) is 31.1 Å². The summed E-state index contributed by atoms with van der Waals surface area (Å²) in [5, 5.41) is 21.0. The van der Waals surface area contributed by atoms with Crippen LogP contribution in [0, 0.1) is 11.3 Å². The average Bonchev–Trinajstić information content (AvgIpc) is 2.98. The van der Waals surface area contributed by atoms with E-state index in [1.54, 1.807) is 23.1 Å². The monoisotopic (exact) mass is 447 g/mol. The summed E-state index contributed by atoms with van der Waals surface area (Å²) in [6.45, 7) is 5.44. The molecule has 1 N–H and O–H groups in total. The molecule has 2 aliphatic heterocycles. The van der Waals surface area contributed by atoms with E-state index in [-0.39, 0.29) is 34.9 Å². The molecule has 1 aromatic heterocycles. The number of ether oxygens (including phenoxy) is 1. The van der Waals surface area contributed by atoms with Crippen molar-refractivity contribution in [3.05, 3.63) is 53.8 Å². The molecule has 2 aliphatic rings. The molecule has 1 fully saturated rings. The van der Waals surface area contributed by atoms with Crippen molar-refractivity contribution >= 4 is 34.2 Å². The van der Waals surface area contributed by atoms with Gasteiger partial charge in [0.15, 0.2) is 5.75 Å². The Morgan fingerprint density at radius 3 is 3.00 bits per heavy atom. The van der Waals surface area contributed by atoms with Gasteiger partial charge in [-0.15, -0.1) is 0 Å². The van der Waals surface area contributed by atoms with Gasteiger partial charge >= 0.3 is 0 Å². The van der Waals surface area contributed by atoms with Crippen LogP contribution in [0.1, 0.15) is 5.56 Å². The molecule has 0 aliphatic carbocycles. The number of carbonyl (C=O) groups is 1. The molecule has 3 aromatic rings. The molecule has 2 aromatic carbocycles. The summed E-state index contributed by atoms with van der Waals surface area (Å²) >= 11 is 6.80. The molecule has 0 radical (unpaired) electrons. The largest absolute Gasteiger partial charge is 0.507 e. The minimum absolute atomic E-state index is 0.0589. The first kappa shape index (κ1) is 20.1. The number of rotatable bonds is 2. The zero-order chi connectivity index (χ0) is 22.4. The van der Waals surface area contributed by atoms with Gasteiger partial charge in [-0.25, -0.2) is 9.97 Å². The number of benzene rings is 2. The van der Waals surface area contributed by atoms with Crippen LogP contribution in [0.5, 0.6) is 11.5 Å². The van der Waals surface area contributed by atoms with Gasteiger partial charge in [0.05, 0.1) is 33.6 Å². The number of halogens is 1. The van der Waals surface area contributed by atoms with Crippen molar-refractivity contribution in [3.8, 4) is 28.7 Å². The quantitative estimate of drug-likeness (QED) is 0.602. The van der Waals surface area contributed by atoms with Gasteiger partial charge in [-0.2, -0.15) is 5.26 Å². The lowest BCUT2D eigenvalue weighted by atomic mass is 9.97. The van der Waals surface area contributed by atoms with Gasteiger partial charge in [0.2, 0.25) is 5.91 Å². The Labute approximate surface area is 188 Å². The Balaban J connectivity index is 1.68. The number of phenols is 1. The van der Waals surface area contributed by atoms with Crippen LogP contribution in [-0.2, 0) is 4.79 Å². The van der Waals surface area contributed by atoms with Crippen LogP contribution >= 0.6 is 11.6 Å². The van der Waals surface area contributed by atoms with Crippen LogP contribution in [0.2, 0.25) is 5.02 Å². The third-order valence-electron chi connectivity index (χ3n) is 5.89. The van der Waals surface area contributed by atoms with E-state index < -0.39 is 0 Å². The number of nitriles is 1. The van der Waals surface area contributed by atoms with E-state index in [4.69, 9.17) is 16.3 Å². The van der Waals surface area contributed by atoms with Crippen molar-refractivity contribution in [2.24, 2.45) is 0 Å². The fourth-order valence-electron chi connectivity index (χ4n) is 4.39. The minimum atomic E-state index is -0.127. The van der Waals surface area contributed by atoms with E-state index in [9.17, 15) is 15.2 Å². The van der Waals surface area contributed by atoms with Gasteiger partial charge in [0.1, 0.15) is 24.5 Å². The number of hydrogen-bond donors (Lipinski definition) is 1. The topological polar surface area (TPSA) is 103 Å². The van der Waals surface area contributed by atoms with Crippen molar-refractivity contribution in [3.63, 3.8) is 0 Å². The molecule has 0 unspecified atom stereocenters. The van der Waals surface area contributed by atoms with E-state index in [0.717, 1.165) is 0 Å². The molecule has 1 atom stereocenters. The highest BCUT2D eigenvalue weighted by atomic mass is 35.5. The van der Waals surface area contributed by atoms with Gasteiger partial charge < -0.3 is 19.6 Å². The molecule has 0 bridgehead atoms. The van der Waals surface area contributed by atoms with E-state index >= 15 is 0 Å². The number of fused-ring (bicyclic) bond motifs is 2. The smallest absolute Gasteiger partial charge is 0.246 e. The molecule has 1 amide bonds. The Bertz CT molecular complexity index is 1320. The number of nitrogens with zero attached hydrogens (tertiary/aromatic N) is 5. The number of phenolic OH excluding ortho intramolecular Hbond substituents is 1. The second-order valence-corrected chi connectivity index (χ2v) is 7.99. The van der Waals surface area contributed by atoms with Gasteiger partial charge in [0.25, 0.3) is 0 Å². The molecule has 5 rings (SSSR count). The summed E-state index contributed by atoms with van der Waals surface area (Å²) in [4.78, 5) is 24.9. The van der Waals surface area contributed by atoms with Crippen LogP contribution in [0.25, 0.3) is 22.0 Å². The number of piperazine rings is 1. The van der Waals surface area contributed by atoms with Gasteiger partial charge in [-0.1, -0.05) is 24.2 Å². The van der Waals surface area contributed by atoms with Crippen LogP contribution in [-0.4, -0.2) is 58.2 Å². The SMILES string of the molecule is C=CC(=O)N1CCN2c3ncnc4cc(-c5c(O)cccc5C#N)c(Cl)c(c34)OC[C@@H]2C1. The fraction of sp³-hybridized carbons (Fsp3) is 0.217. The van der Waals surface area contributed by atoms with Crippen LogP contribution < -0.4 is 9.64 Å². The molecule has 160 valence electrons. The van der Waals surface area contributed by atoms with Crippen LogP contribution in [0.3, 0.4) is 0 Å². The van der Waals surface area contributed by atoms with Crippen LogP contribution in [0.15, 0.2) is 43.2 Å². The number of aromatic nitrogens is 2. The second kappa shape index (κ2) is 7.70. The standard InChI is InChI=1S/C23H18ClN5O3/c1-2-18(31)28-6-7-29-14(10-28)11-32-22-20-16(26-12-27-23(20)29)8-15(21(22)24)19-13(9-25)4-3-5-17(19)30/h2-5,8,12,14,30H,1,6-7,10-11H2/t14-/m0/s1. The first-order valence-corrected chi connectivity index (χ1v) is 10.4. The summed E-state index contributed by atoms with van der Waals surface area (Å²) in [7, 11) is 0. The van der Waals surface area contributed by atoms with E-state index in [1.165, 1.54) is 18.5 Å². The number of hydrogen-bond acceptors (Lipinski definition) is 7.